The van der Waals surface area contributed by atoms with Gasteiger partial charge in [0.15, 0.2) is 0 Å². The Morgan fingerprint density at radius 3 is 2.41 bits per heavy atom. The Morgan fingerprint density at radius 2 is 1.72 bits per heavy atom. The van der Waals surface area contributed by atoms with E-state index in [4.69, 9.17) is 9.47 Å². The number of alkyl halides is 3. The topological polar surface area (TPSA) is 94.9 Å². The van der Waals surface area contributed by atoms with Crippen LogP contribution >= 0.6 is 23.1 Å². The van der Waals surface area contributed by atoms with Crippen molar-refractivity contribution in [1.82, 2.24) is 4.57 Å². The maximum atomic E-state index is 13.9. The van der Waals surface area contributed by atoms with Gasteiger partial charge in [0.05, 0.1) is 35.9 Å². The third-order valence-corrected chi connectivity index (χ3v) is 9.17. The third kappa shape index (κ3) is 4.52. The second-order valence-corrected chi connectivity index (χ2v) is 10.9. The summed E-state index contributed by atoms with van der Waals surface area (Å²) in [6.07, 6.45) is -4.81. The molecule has 1 aromatic heterocycles. The number of methoxy groups -OCH3 is 1. The van der Waals surface area contributed by atoms with Gasteiger partial charge in [-0.15, -0.1) is 0 Å². The van der Waals surface area contributed by atoms with Crippen LogP contribution in [0.4, 0.5) is 18.9 Å². The number of aromatic nitrogens is 1. The molecule has 0 spiro atoms. The molecule has 0 aliphatic carbocycles. The van der Waals surface area contributed by atoms with E-state index in [9.17, 15) is 32.3 Å². The van der Waals surface area contributed by atoms with E-state index in [-0.39, 0.29) is 6.61 Å². The number of hydrogen-bond acceptors (Lipinski definition) is 8. The molecule has 2 aliphatic heterocycles. The lowest BCUT2D eigenvalue weighted by Gasteiger charge is -2.31. The smallest absolute Gasteiger partial charge is 0.418 e. The lowest BCUT2D eigenvalue weighted by Crippen LogP contribution is -2.33. The Kier molecular flexibility index (Phi) is 7.06. The molecule has 3 aromatic rings. The third-order valence-electron chi connectivity index (χ3n) is 6.57. The number of nitrogens with zero attached hydrogens (tertiary/aromatic N) is 2. The molecule has 2 aromatic carbocycles. The van der Waals surface area contributed by atoms with Gasteiger partial charge >= 0.3 is 17.0 Å². The highest BCUT2D eigenvalue weighted by molar-refractivity contribution is 8.00. The van der Waals surface area contributed by atoms with E-state index in [1.807, 2.05) is 0 Å². The fraction of sp³-hybridized carbons (Fsp3) is 0.308. The molecule has 1 saturated heterocycles. The molecule has 5 rings (SSSR count). The number of para-hydroxylation sites is 2. The van der Waals surface area contributed by atoms with Gasteiger partial charge in [-0.2, -0.15) is 13.2 Å². The molecule has 39 heavy (non-hydrogen) atoms. The molecule has 0 radical (unpaired) electrons. The maximum absolute atomic E-state index is 13.9. The van der Waals surface area contributed by atoms with Gasteiger partial charge in [0.25, 0.3) is 0 Å². The highest BCUT2D eigenvalue weighted by atomic mass is 32.2. The monoisotopic (exact) mass is 578 g/mol. The van der Waals surface area contributed by atoms with Crippen molar-refractivity contribution in [3.63, 3.8) is 0 Å². The van der Waals surface area contributed by atoms with Gasteiger partial charge in [-0.25, -0.2) is 4.90 Å². The molecule has 0 saturated carbocycles. The van der Waals surface area contributed by atoms with Gasteiger partial charge in [0.2, 0.25) is 11.8 Å². The summed E-state index contributed by atoms with van der Waals surface area (Å²) in [4.78, 5) is 53.5. The first kappa shape index (κ1) is 27.0. The van der Waals surface area contributed by atoms with Crippen molar-refractivity contribution in [2.45, 2.75) is 35.8 Å². The molecule has 3 atom stereocenters. The highest BCUT2D eigenvalue weighted by Gasteiger charge is 2.58. The maximum Gasteiger partial charge on any atom is 0.418 e. The zero-order valence-electron chi connectivity index (χ0n) is 20.6. The Bertz CT molecular complexity index is 1530. The van der Waals surface area contributed by atoms with Crippen LogP contribution in [0.3, 0.4) is 0 Å². The van der Waals surface area contributed by atoms with E-state index in [1.165, 1.54) is 23.8 Å². The average molecular weight is 579 g/mol. The minimum atomic E-state index is -4.81. The number of thiazole rings is 1. The zero-order chi connectivity index (χ0) is 28.1. The van der Waals surface area contributed by atoms with Crippen molar-refractivity contribution in [2.75, 3.05) is 18.6 Å². The highest BCUT2D eigenvalue weighted by Crippen LogP contribution is 2.55. The molecule has 8 nitrogen and oxygen atoms in total. The number of amides is 2. The van der Waals surface area contributed by atoms with Crippen LogP contribution in [0.15, 0.2) is 58.4 Å². The van der Waals surface area contributed by atoms with Crippen LogP contribution in [0.5, 0.6) is 5.75 Å². The van der Waals surface area contributed by atoms with E-state index in [1.54, 1.807) is 31.2 Å². The summed E-state index contributed by atoms with van der Waals surface area (Å²) < 4.78 is 53.3. The summed E-state index contributed by atoms with van der Waals surface area (Å²) in [7, 11) is 1.43. The van der Waals surface area contributed by atoms with E-state index >= 15 is 0 Å². The van der Waals surface area contributed by atoms with Crippen molar-refractivity contribution in [3.8, 4) is 5.75 Å². The lowest BCUT2D eigenvalue weighted by atomic mass is 9.82. The second-order valence-electron chi connectivity index (χ2n) is 8.74. The Hall–Kier alpha value is -3.58. The van der Waals surface area contributed by atoms with Gasteiger partial charge in [0, 0.05) is 16.4 Å². The number of rotatable bonds is 6. The van der Waals surface area contributed by atoms with Crippen molar-refractivity contribution < 1.29 is 37.0 Å². The summed E-state index contributed by atoms with van der Waals surface area (Å²) in [6, 6.07) is 11.2. The first-order valence-corrected chi connectivity index (χ1v) is 13.5. The number of benzene rings is 2. The number of esters is 1. The summed E-state index contributed by atoms with van der Waals surface area (Å²) in [5, 5.41) is -0.856. The van der Waals surface area contributed by atoms with Crippen LogP contribution in [-0.4, -0.2) is 41.3 Å². The molecular weight excluding hydrogens is 557 g/mol. The van der Waals surface area contributed by atoms with Crippen LogP contribution in [0.2, 0.25) is 0 Å². The van der Waals surface area contributed by atoms with Crippen LogP contribution in [0.25, 0.3) is 0 Å². The summed E-state index contributed by atoms with van der Waals surface area (Å²) in [6.45, 7) is 1.31. The SMILES string of the molecule is CCOC(=O)Cn1c2c(sc1=O)[C@H](c1ccccc1OC)C1C(=O)N(c3ccccc3C(F)(F)F)C(=O)C1S2. The first-order valence-electron chi connectivity index (χ1n) is 11.8. The van der Waals surface area contributed by atoms with Crippen LogP contribution < -0.4 is 14.5 Å². The molecule has 2 amide bonds. The number of carbonyl (C=O) groups is 3. The Balaban J connectivity index is 1.69. The number of thioether (sulfide) groups is 1. The first-order chi connectivity index (χ1) is 18.6. The number of ether oxygens (including phenoxy) is 2. The molecule has 0 bridgehead atoms. The molecule has 2 unspecified atom stereocenters. The molecule has 204 valence electrons. The second kappa shape index (κ2) is 10.2. The van der Waals surface area contributed by atoms with Crippen LogP contribution in [-0.2, 0) is 31.8 Å². The van der Waals surface area contributed by atoms with Gasteiger partial charge < -0.3 is 9.47 Å². The largest absolute Gasteiger partial charge is 0.496 e. The van der Waals surface area contributed by atoms with Crippen molar-refractivity contribution >= 4 is 46.6 Å². The summed E-state index contributed by atoms with van der Waals surface area (Å²) in [5.41, 5.74) is -1.17. The molecular formula is C26H21F3N2O6S2. The van der Waals surface area contributed by atoms with E-state index < -0.39 is 63.7 Å². The summed E-state index contributed by atoms with van der Waals surface area (Å²) >= 11 is 1.72. The van der Waals surface area contributed by atoms with Gasteiger partial charge in [-0.3, -0.25) is 23.7 Å². The van der Waals surface area contributed by atoms with E-state index in [0.717, 1.165) is 35.2 Å². The van der Waals surface area contributed by atoms with Gasteiger partial charge in [0.1, 0.15) is 17.5 Å². The number of anilines is 1. The Labute approximate surface area is 228 Å². The quantitative estimate of drug-likeness (QED) is 0.318. The lowest BCUT2D eigenvalue weighted by molar-refractivity contribution is -0.144. The number of fused-ring (bicyclic) bond motifs is 2. The van der Waals surface area contributed by atoms with Gasteiger partial charge in [-0.05, 0) is 25.1 Å². The molecule has 13 heteroatoms. The molecule has 2 aliphatic rings. The average Bonchev–Trinajstić information content (AvgIpc) is 3.34. The zero-order valence-corrected chi connectivity index (χ0v) is 22.2. The number of carbonyl (C=O) groups excluding carboxylic acids is 3. The van der Waals surface area contributed by atoms with Crippen molar-refractivity contribution in [3.05, 3.63) is 74.2 Å². The van der Waals surface area contributed by atoms with Crippen LogP contribution in [0.1, 0.15) is 28.8 Å². The minimum absolute atomic E-state index is 0.0994. The van der Waals surface area contributed by atoms with Crippen molar-refractivity contribution in [2.24, 2.45) is 5.92 Å². The van der Waals surface area contributed by atoms with Crippen LogP contribution in [0, 0.1) is 5.92 Å². The standard InChI is InChI=1S/C26H21F3N2O6S2/c1-3-37-17(32)12-30-24-21(39-25(30)35)18(13-8-4-7-11-16(13)36-2)19-20(38-24)23(34)31(22(19)33)15-10-6-5-9-14(15)26(27,28)29/h4-11,18-20H,3,12H2,1-2H3/t18-,19?,20?/m1/s1. The Morgan fingerprint density at radius 1 is 1.03 bits per heavy atom. The predicted molar refractivity (Wildman–Crippen MR) is 137 cm³/mol. The van der Waals surface area contributed by atoms with Crippen molar-refractivity contribution in [1.29, 1.82) is 0 Å². The fourth-order valence-electron chi connectivity index (χ4n) is 5.00. The van der Waals surface area contributed by atoms with Gasteiger partial charge in [-0.1, -0.05) is 53.4 Å². The normalized spacial score (nSPS) is 20.5. The van der Waals surface area contributed by atoms with E-state index in [0.29, 0.717) is 26.1 Å². The molecule has 1 fully saturated rings. The number of imide groups is 1. The number of halogens is 3. The molecule has 3 heterocycles. The van der Waals surface area contributed by atoms with E-state index in [2.05, 4.69) is 0 Å². The predicted octanol–water partition coefficient (Wildman–Crippen LogP) is 4.30. The summed E-state index contributed by atoms with van der Waals surface area (Å²) in [5.74, 6) is -3.94. The fourth-order valence-corrected chi connectivity index (χ4v) is 7.76. The number of hydrogen-bond donors (Lipinski definition) is 0. The minimum Gasteiger partial charge on any atom is -0.496 e. The molecule has 0 N–H and O–H groups in total.